The van der Waals surface area contributed by atoms with Gasteiger partial charge in [-0.2, -0.15) is 0 Å². The predicted molar refractivity (Wildman–Crippen MR) is 45.4 cm³/mol. The Kier molecular flexibility index (Phi) is 4.27. The van der Waals surface area contributed by atoms with Gasteiger partial charge in [-0.15, -0.1) is 0 Å². The van der Waals surface area contributed by atoms with Gasteiger partial charge in [0.25, 0.3) is 0 Å². The maximum atomic E-state index is 10.4. The Morgan fingerprint density at radius 2 is 2.09 bits per heavy atom. The minimum Gasteiger partial charge on any atom is -0.478 e. The Labute approximate surface area is 67.2 Å². The molecule has 0 bridgehead atoms. The third kappa shape index (κ3) is 3.61. The van der Waals surface area contributed by atoms with Gasteiger partial charge in [0.1, 0.15) is 0 Å². The molecule has 0 rings (SSSR count). The molecule has 0 spiro atoms. The van der Waals surface area contributed by atoms with E-state index >= 15 is 0 Å². The molecule has 0 aliphatic carbocycles. The summed E-state index contributed by atoms with van der Waals surface area (Å²) in [6, 6.07) is 0. The summed E-state index contributed by atoms with van der Waals surface area (Å²) in [5, 5.41) is 8.53. The second-order valence-corrected chi connectivity index (χ2v) is 2.35. The van der Waals surface area contributed by atoms with Crippen LogP contribution in [0.25, 0.3) is 0 Å². The van der Waals surface area contributed by atoms with Crippen molar-refractivity contribution in [3.8, 4) is 0 Å². The van der Waals surface area contributed by atoms with E-state index < -0.39 is 5.97 Å². The second-order valence-electron chi connectivity index (χ2n) is 2.35. The van der Waals surface area contributed by atoms with E-state index in [-0.39, 0.29) is 0 Å². The SMILES string of the molecule is CC=C(C=C(C)C(=O)O)CC. The molecule has 2 nitrogen and oxygen atoms in total. The van der Waals surface area contributed by atoms with Crippen molar-refractivity contribution in [1.29, 1.82) is 0 Å². The van der Waals surface area contributed by atoms with Crippen molar-refractivity contribution < 1.29 is 9.90 Å². The molecule has 0 saturated heterocycles. The van der Waals surface area contributed by atoms with Gasteiger partial charge < -0.3 is 5.11 Å². The van der Waals surface area contributed by atoms with Gasteiger partial charge >= 0.3 is 5.97 Å². The molecule has 0 aliphatic heterocycles. The van der Waals surface area contributed by atoms with Crippen LogP contribution in [0.1, 0.15) is 27.2 Å². The van der Waals surface area contributed by atoms with Crippen LogP contribution in [0, 0.1) is 0 Å². The van der Waals surface area contributed by atoms with Gasteiger partial charge in [0.05, 0.1) is 0 Å². The largest absolute Gasteiger partial charge is 0.478 e. The van der Waals surface area contributed by atoms with Crippen LogP contribution in [0.2, 0.25) is 0 Å². The van der Waals surface area contributed by atoms with Crippen LogP contribution in [0.4, 0.5) is 0 Å². The summed E-state index contributed by atoms with van der Waals surface area (Å²) in [7, 11) is 0. The zero-order valence-electron chi connectivity index (χ0n) is 7.22. The number of carboxylic acids is 1. The van der Waals surface area contributed by atoms with E-state index in [2.05, 4.69) is 0 Å². The predicted octanol–water partition coefficient (Wildman–Crippen LogP) is 2.37. The average molecular weight is 154 g/mol. The first-order valence-corrected chi connectivity index (χ1v) is 3.68. The van der Waals surface area contributed by atoms with Gasteiger partial charge in [0.15, 0.2) is 0 Å². The van der Waals surface area contributed by atoms with Gasteiger partial charge in [-0.3, -0.25) is 0 Å². The Balaban J connectivity index is 4.40. The Morgan fingerprint density at radius 1 is 1.55 bits per heavy atom. The number of hydrogen-bond donors (Lipinski definition) is 1. The van der Waals surface area contributed by atoms with Crippen molar-refractivity contribution >= 4 is 5.97 Å². The Hall–Kier alpha value is -1.05. The molecule has 0 saturated carbocycles. The third-order valence-electron chi connectivity index (χ3n) is 1.52. The van der Waals surface area contributed by atoms with Crippen LogP contribution in [0.15, 0.2) is 23.3 Å². The molecule has 0 aromatic carbocycles. The number of carbonyl (C=O) groups is 1. The van der Waals surface area contributed by atoms with Crippen molar-refractivity contribution in [1.82, 2.24) is 0 Å². The van der Waals surface area contributed by atoms with Crippen LogP contribution >= 0.6 is 0 Å². The molecular formula is C9H14O2. The molecule has 0 unspecified atom stereocenters. The monoisotopic (exact) mass is 154 g/mol. The maximum Gasteiger partial charge on any atom is 0.331 e. The molecule has 2 heteroatoms. The fourth-order valence-corrected chi connectivity index (χ4v) is 0.729. The highest BCUT2D eigenvalue weighted by Gasteiger charge is 1.98. The van der Waals surface area contributed by atoms with E-state index in [0.29, 0.717) is 5.57 Å². The highest BCUT2D eigenvalue weighted by molar-refractivity contribution is 5.86. The van der Waals surface area contributed by atoms with Crippen LogP contribution in [-0.4, -0.2) is 11.1 Å². The van der Waals surface area contributed by atoms with Gasteiger partial charge in [-0.05, 0) is 26.3 Å². The summed E-state index contributed by atoms with van der Waals surface area (Å²) < 4.78 is 0. The van der Waals surface area contributed by atoms with Crippen molar-refractivity contribution in [2.45, 2.75) is 27.2 Å². The summed E-state index contributed by atoms with van der Waals surface area (Å²) in [5.41, 5.74) is 1.45. The first kappa shape index (κ1) is 9.95. The van der Waals surface area contributed by atoms with Crippen LogP contribution in [0.5, 0.6) is 0 Å². The van der Waals surface area contributed by atoms with Gasteiger partial charge in [-0.1, -0.05) is 18.6 Å². The fraction of sp³-hybridized carbons (Fsp3) is 0.444. The number of allylic oxidation sites excluding steroid dienone is 3. The molecule has 0 amide bonds. The van der Waals surface area contributed by atoms with E-state index in [4.69, 9.17) is 5.11 Å². The normalized spacial score (nSPS) is 13.4. The Morgan fingerprint density at radius 3 is 2.36 bits per heavy atom. The average Bonchev–Trinajstić information content (AvgIpc) is 1.99. The molecule has 0 fully saturated rings. The first-order valence-electron chi connectivity index (χ1n) is 3.68. The third-order valence-corrected chi connectivity index (χ3v) is 1.52. The van der Waals surface area contributed by atoms with Gasteiger partial charge in [0, 0.05) is 5.57 Å². The summed E-state index contributed by atoms with van der Waals surface area (Å²) >= 11 is 0. The lowest BCUT2D eigenvalue weighted by Crippen LogP contribution is -1.96. The lowest BCUT2D eigenvalue weighted by atomic mass is 10.1. The first-order chi connectivity index (χ1) is 5.11. The van der Waals surface area contributed by atoms with Crippen molar-refractivity contribution in [2.75, 3.05) is 0 Å². The molecule has 0 atom stereocenters. The molecule has 0 radical (unpaired) electrons. The van der Waals surface area contributed by atoms with E-state index in [0.717, 1.165) is 12.0 Å². The number of carboxylic acid groups (broad SMARTS) is 1. The maximum absolute atomic E-state index is 10.4. The van der Waals surface area contributed by atoms with Crippen molar-refractivity contribution in [3.05, 3.63) is 23.3 Å². The van der Waals surface area contributed by atoms with Crippen LogP contribution in [0.3, 0.4) is 0 Å². The summed E-state index contributed by atoms with van der Waals surface area (Å²) in [4.78, 5) is 10.4. The summed E-state index contributed by atoms with van der Waals surface area (Å²) in [6.07, 6.45) is 4.50. The van der Waals surface area contributed by atoms with E-state index in [1.165, 1.54) is 0 Å². The van der Waals surface area contributed by atoms with E-state index in [9.17, 15) is 4.79 Å². The van der Waals surface area contributed by atoms with Crippen LogP contribution in [-0.2, 0) is 4.79 Å². The highest BCUT2D eigenvalue weighted by Crippen LogP contribution is 2.05. The van der Waals surface area contributed by atoms with Crippen molar-refractivity contribution in [2.24, 2.45) is 0 Å². The second kappa shape index (κ2) is 4.72. The molecule has 62 valence electrons. The molecule has 0 aromatic heterocycles. The lowest BCUT2D eigenvalue weighted by Gasteiger charge is -1.96. The quantitative estimate of drug-likeness (QED) is 0.500. The highest BCUT2D eigenvalue weighted by atomic mass is 16.4. The number of rotatable bonds is 3. The molecule has 1 N–H and O–H groups in total. The summed E-state index contributed by atoms with van der Waals surface area (Å²) in [6.45, 7) is 5.51. The lowest BCUT2D eigenvalue weighted by molar-refractivity contribution is -0.132. The fourth-order valence-electron chi connectivity index (χ4n) is 0.729. The molecule has 0 aliphatic rings. The minimum absolute atomic E-state index is 0.389. The van der Waals surface area contributed by atoms with Gasteiger partial charge in [0.2, 0.25) is 0 Å². The van der Waals surface area contributed by atoms with Crippen LogP contribution < -0.4 is 0 Å². The number of hydrogen-bond acceptors (Lipinski definition) is 1. The van der Waals surface area contributed by atoms with E-state index in [1.54, 1.807) is 13.0 Å². The number of aliphatic carboxylic acids is 1. The molecule has 0 heterocycles. The zero-order chi connectivity index (χ0) is 8.85. The zero-order valence-corrected chi connectivity index (χ0v) is 7.22. The topological polar surface area (TPSA) is 37.3 Å². The minimum atomic E-state index is -0.849. The van der Waals surface area contributed by atoms with Crippen molar-refractivity contribution in [3.63, 3.8) is 0 Å². The molecule has 0 aromatic rings. The standard InChI is InChI=1S/C9H14O2/c1-4-8(5-2)6-7(3)9(10)11/h4,6H,5H2,1-3H3,(H,10,11). The molecular weight excluding hydrogens is 140 g/mol. The summed E-state index contributed by atoms with van der Waals surface area (Å²) in [5.74, 6) is -0.849. The smallest absolute Gasteiger partial charge is 0.331 e. The molecule has 11 heavy (non-hydrogen) atoms. The van der Waals surface area contributed by atoms with E-state index in [1.807, 2.05) is 19.9 Å². The Bertz CT molecular complexity index is 200. The van der Waals surface area contributed by atoms with Gasteiger partial charge in [-0.25, -0.2) is 4.79 Å².